The molecule has 8 nitrogen and oxygen atoms in total. The molecule has 0 saturated carbocycles. The number of piperazine rings is 1. The van der Waals surface area contributed by atoms with Gasteiger partial charge >= 0.3 is 0 Å². The smallest absolute Gasteiger partial charge is 0.173 e. The molecule has 1 atom stereocenters. The summed E-state index contributed by atoms with van der Waals surface area (Å²) < 4.78 is 12.8. The fourth-order valence-corrected chi connectivity index (χ4v) is 4.87. The summed E-state index contributed by atoms with van der Waals surface area (Å²) in [5.41, 5.74) is 3.61. The number of ether oxygens (including phenoxy) is 2. The van der Waals surface area contributed by atoms with Crippen LogP contribution in [0.2, 0.25) is 0 Å². The normalized spacial score (nSPS) is 15.0. The maximum atomic E-state index is 5.47. The number of rotatable bonds is 9. The Morgan fingerprint density at radius 1 is 0.806 bits per heavy atom. The Balaban J connectivity index is 1.35. The van der Waals surface area contributed by atoms with Crippen LogP contribution >= 0.6 is 0 Å². The number of hydrogen-bond donors (Lipinski definition) is 0. The van der Waals surface area contributed by atoms with Crippen molar-refractivity contribution in [1.82, 2.24) is 25.1 Å². The van der Waals surface area contributed by atoms with Crippen LogP contribution in [0.15, 0.2) is 78.9 Å². The number of aryl methyl sites for hydroxylation is 2. The highest BCUT2D eigenvalue weighted by molar-refractivity contribution is 5.46. The first-order valence-corrected chi connectivity index (χ1v) is 12.3. The standard InChI is InChI=1S/C28H32N6O2/c1-35-25-14-13-22(21-26(25)36-2)15-16-34-28(29-30-31-34)27(23-9-5-3-6-10-23)33-19-17-32(18-20-33)24-11-7-4-8-12-24/h3-14,21,27H,15-20H2,1-2H3. The van der Waals surface area contributed by atoms with Gasteiger partial charge in [0, 0.05) is 38.4 Å². The van der Waals surface area contributed by atoms with E-state index in [1.165, 1.54) is 11.3 Å². The number of nitrogens with zero attached hydrogens (tertiary/aromatic N) is 6. The van der Waals surface area contributed by atoms with Crippen LogP contribution in [0, 0.1) is 0 Å². The Kier molecular flexibility index (Phi) is 7.42. The van der Waals surface area contributed by atoms with Crippen molar-refractivity contribution in [1.29, 1.82) is 0 Å². The fraction of sp³-hybridized carbons (Fsp3) is 0.321. The zero-order valence-electron chi connectivity index (χ0n) is 20.8. The van der Waals surface area contributed by atoms with Crippen molar-refractivity contribution in [2.45, 2.75) is 19.0 Å². The van der Waals surface area contributed by atoms with E-state index in [0.29, 0.717) is 6.54 Å². The summed E-state index contributed by atoms with van der Waals surface area (Å²) in [7, 11) is 3.30. The van der Waals surface area contributed by atoms with Crippen LogP contribution in [0.4, 0.5) is 5.69 Å². The Bertz CT molecular complexity index is 1240. The van der Waals surface area contributed by atoms with Crippen molar-refractivity contribution in [3.05, 3.63) is 95.8 Å². The van der Waals surface area contributed by atoms with Crippen molar-refractivity contribution < 1.29 is 9.47 Å². The summed E-state index contributed by atoms with van der Waals surface area (Å²) in [4.78, 5) is 4.94. The minimum Gasteiger partial charge on any atom is -0.493 e. The third kappa shape index (κ3) is 5.18. The zero-order valence-corrected chi connectivity index (χ0v) is 20.8. The van der Waals surface area contributed by atoms with E-state index in [1.807, 2.05) is 22.9 Å². The highest BCUT2D eigenvalue weighted by atomic mass is 16.5. The lowest BCUT2D eigenvalue weighted by molar-refractivity contribution is 0.200. The number of anilines is 1. The molecular formula is C28H32N6O2. The number of methoxy groups -OCH3 is 2. The first kappa shape index (κ1) is 23.8. The van der Waals surface area contributed by atoms with Gasteiger partial charge in [0.1, 0.15) is 0 Å². The van der Waals surface area contributed by atoms with Crippen LogP contribution in [0.1, 0.15) is 23.0 Å². The summed E-state index contributed by atoms with van der Waals surface area (Å²) in [6, 6.07) is 27.2. The van der Waals surface area contributed by atoms with Crippen molar-refractivity contribution in [2.24, 2.45) is 0 Å². The summed E-state index contributed by atoms with van der Waals surface area (Å²) in [6.45, 7) is 4.44. The van der Waals surface area contributed by atoms with Gasteiger partial charge in [-0.25, -0.2) is 4.68 Å². The maximum Gasteiger partial charge on any atom is 0.173 e. The van der Waals surface area contributed by atoms with Gasteiger partial charge in [-0.1, -0.05) is 54.6 Å². The number of benzene rings is 3. The Morgan fingerprint density at radius 2 is 1.50 bits per heavy atom. The molecule has 3 aromatic carbocycles. The first-order valence-electron chi connectivity index (χ1n) is 12.3. The average molecular weight is 485 g/mol. The molecule has 0 N–H and O–H groups in total. The molecule has 0 aliphatic carbocycles. The monoisotopic (exact) mass is 484 g/mol. The lowest BCUT2D eigenvalue weighted by Gasteiger charge is -2.39. The first-order chi connectivity index (χ1) is 17.8. The predicted molar refractivity (Wildman–Crippen MR) is 140 cm³/mol. The SMILES string of the molecule is COc1ccc(CCn2nnnc2C(c2ccccc2)N2CCN(c3ccccc3)CC2)cc1OC. The van der Waals surface area contributed by atoms with Crippen LogP contribution in [0.3, 0.4) is 0 Å². The van der Waals surface area contributed by atoms with E-state index in [9.17, 15) is 0 Å². The van der Waals surface area contributed by atoms with E-state index in [0.717, 1.165) is 55.5 Å². The topological polar surface area (TPSA) is 68.5 Å². The van der Waals surface area contributed by atoms with Gasteiger partial charge in [-0.15, -0.1) is 5.10 Å². The molecule has 8 heteroatoms. The predicted octanol–water partition coefficient (Wildman–Crippen LogP) is 3.84. The Morgan fingerprint density at radius 3 is 2.19 bits per heavy atom. The van der Waals surface area contributed by atoms with Crippen LogP contribution in [0.25, 0.3) is 0 Å². The molecule has 1 fully saturated rings. The number of tetrazole rings is 1. The minimum absolute atomic E-state index is 0.00970. The molecule has 2 heterocycles. The van der Waals surface area contributed by atoms with Gasteiger partial charge in [0.25, 0.3) is 0 Å². The third-order valence-corrected chi connectivity index (χ3v) is 6.78. The molecule has 5 rings (SSSR count). The molecule has 36 heavy (non-hydrogen) atoms. The molecule has 4 aromatic rings. The molecule has 0 amide bonds. The van der Waals surface area contributed by atoms with E-state index in [1.54, 1.807) is 14.2 Å². The zero-order chi connectivity index (χ0) is 24.7. The molecule has 0 spiro atoms. The van der Waals surface area contributed by atoms with Gasteiger partial charge in [0.15, 0.2) is 17.3 Å². The quantitative estimate of drug-likeness (QED) is 0.358. The Hall–Kier alpha value is -3.91. The van der Waals surface area contributed by atoms with E-state index in [-0.39, 0.29) is 6.04 Å². The molecule has 1 aliphatic rings. The summed E-state index contributed by atoms with van der Waals surface area (Å²) in [5.74, 6) is 2.32. The van der Waals surface area contributed by atoms with Gasteiger partial charge in [0.2, 0.25) is 0 Å². The van der Waals surface area contributed by atoms with E-state index < -0.39 is 0 Å². The van der Waals surface area contributed by atoms with E-state index in [4.69, 9.17) is 9.47 Å². The number of para-hydroxylation sites is 1. The summed E-state index contributed by atoms with van der Waals surface area (Å²) in [5, 5.41) is 13.0. The van der Waals surface area contributed by atoms with Crippen molar-refractivity contribution >= 4 is 5.69 Å². The highest BCUT2D eigenvalue weighted by Crippen LogP contribution is 2.30. The minimum atomic E-state index is -0.00970. The maximum absolute atomic E-state index is 5.47. The average Bonchev–Trinajstić information content (AvgIpc) is 3.41. The second-order valence-corrected chi connectivity index (χ2v) is 8.87. The van der Waals surface area contributed by atoms with Crippen molar-refractivity contribution in [3.63, 3.8) is 0 Å². The molecule has 0 radical (unpaired) electrons. The highest BCUT2D eigenvalue weighted by Gasteiger charge is 2.30. The van der Waals surface area contributed by atoms with Crippen LogP contribution in [-0.2, 0) is 13.0 Å². The second-order valence-electron chi connectivity index (χ2n) is 8.87. The number of aromatic nitrogens is 4. The lowest BCUT2D eigenvalue weighted by atomic mass is 10.0. The van der Waals surface area contributed by atoms with Crippen LogP contribution < -0.4 is 14.4 Å². The van der Waals surface area contributed by atoms with Gasteiger partial charge in [-0.3, -0.25) is 4.90 Å². The molecule has 0 bridgehead atoms. The Labute approximate surface area is 212 Å². The van der Waals surface area contributed by atoms with E-state index >= 15 is 0 Å². The molecule has 186 valence electrons. The molecular weight excluding hydrogens is 452 g/mol. The van der Waals surface area contributed by atoms with Gasteiger partial charge in [-0.2, -0.15) is 0 Å². The molecule has 1 aromatic heterocycles. The molecule has 1 saturated heterocycles. The van der Waals surface area contributed by atoms with E-state index in [2.05, 4.69) is 86.0 Å². The van der Waals surface area contributed by atoms with Crippen LogP contribution in [-0.4, -0.2) is 65.5 Å². The summed E-state index contributed by atoms with van der Waals surface area (Å²) in [6.07, 6.45) is 0.779. The van der Waals surface area contributed by atoms with Crippen LogP contribution in [0.5, 0.6) is 11.5 Å². The second kappa shape index (κ2) is 11.2. The molecule has 1 unspecified atom stereocenters. The van der Waals surface area contributed by atoms with Crippen molar-refractivity contribution in [2.75, 3.05) is 45.3 Å². The fourth-order valence-electron chi connectivity index (χ4n) is 4.87. The van der Waals surface area contributed by atoms with Gasteiger partial charge < -0.3 is 14.4 Å². The van der Waals surface area contributed by atoms with Gasteiger partial charge in [-0.05, 0) is 52.2 Å². The third-order valence-electron chi connectivity index (χ3n) is 6.78. The number of hydrogen-bond acceptors (Lipinski definition) is 7. The lowest BCUT2D eigenvalue weighted by Crippen LogP contribution is -2.48. The molecule has 1 aliphatic heterocycles. The summed E-state index contributed by atoms with van der Waals surface area (Å²) >= 11 is 0. The largest absolute Gasteiger partial charge is 0.493 e. The van der Waals surface area contributed by atoms with Crippen molar-refractivity contribution in [3.8, 4) is 11.5 Å². The van der Waals surface area contributed by atoms with Gasteiger partial charge in [0.05, 0.1) is 20.3 Å².